The van der Waals surface area contributed by atoms with Crippen LogP contribution in [0.2, 0.25) is 0 Å². The normalized spacial score (nSPS) is 13.9. The SMILES string of the molecule is CCCS(=O)(=O)CCC(C)(C)CCNC(C)(C)C. The Hall–Kier alpha value is -0.0900. The molecule has 0 atom stereocenters. The predicted octanol–water partition coefficient (Wildman–Crippen LogP) is 3.01. The number of hydrogen-bond donors (Lipinski definition) is 1. The second kappa shape index (κ2) is 6.90. The van der Waals surface area contributed by atoms with Gasteiger partial charge in [0, 0.05) is 11.3 Å². The molecule has 110 valence electrons. The van der Waals surface area contributed by atoms with Gasteiger partial charge in [-0.2, -0.15) is 0 Å². The Balaban J connectivity index is 4.08. The maximum absolute atomic E-state index is 11.7. The molecule has 0 aliphatic carbocycles. The summed E-state index contributed by atoms with van der Waals surface area (Å²) in [5.74, 6) is 0.646. The van der Waals surface area contributed by atoms with Crippen LogP contribution in [0.15, 0.2) is 0 Å². The van der Waals surface area contributed by atoms with E-state index in [4.69, 9.17) is 0 Å². The van der Waals surface area contributed by atoms with E-state index in [1.807, 2.05) is 6.92 Å². The molecule has 0 radical (unpaired) electrons. The Bertz CT molecular complexity index is 326. The van der Waals surface area contributed by atoms with Crippen LogP contribution in [0.25, 0.3) is 0 Å². The first-order chi connectivity index (χ1) is 7.97. The monoisotopic (exact) mass is 277 g/mol. The molecule has 0 saturated heterocycles. The average molecular weight is 277 g/mol. The van der Waals surface area contributed by atoms with Gasteiger partial charge in [0.15, 0.2) is 0 Å². The Morgan fingerprint density at radius 1 is 0.944 bits per heavy atom. The highest BCUT2D eigenvalue weighted by molar-refractivity contribution is 7.91. The summed E-state index contributed by atoms with van der Waals surface area (Å²) < 4.78 is 23.4. The van der Waals surface area contributed by atoms with Gasteiger partial charge in [0.2, 0.25) is 0 Å². The lowest BCUT2D eigenvalue weighted by atomic mass is 9.86. The second-order valence-electron chi connectivity index (χ2n) is 6.99. The lowest BCUT2D eigenvalue weighted by Crippen LogP contribution is -2.38. The van der Waals surface area contributed by atoms with Gasteiger partial charge >= 0.3 is 0 Å². The van der Waals surface area contributed by atoms with Crippen LogP contribution in [0.3, 0.4) is 0 Å². The third-order valence-corrected chi connectivity index (χ3v) is 4.92. The lowest BCUT2D eigenvalue weighted by Gasteiger charge is -2.28. The Kier molecular flexibility index (Phi) is 6.86. The van der Waals surface area contributed by atoms with Gasteiger partial charge in [-0.1, -0.05) is 20.8 Å². The topological polar surface area (TPSA) is 46.2 Å². The van der Waals surface area contributed by atoms with Crippen LogP contribution in [0.1, 0.15) is 60.8 Å². The van der Waals surface area contributed by atoms with Crippen LogP contribution in [0.5, 0.6) is 0 Å². The van der Waals surface area contributed by atoms with Gasteiger partial charge in [-0.15, -0.1) is 0 Å². The van der Waals surface area contributed by atoms with Crippen molar-refractivity contribution in [2.45, 2.75) is 66.3 Å². The molecule has 0 fully saturated rings. The van der Waals surface area contributed by atoms with E-state index in [0.29, 0.717) is 17.9 Å². The molecule has 0 aliphatic heterocycles. The van der Waals surface area contributed by atoms with Crippen molar-refractivity contribution in [2.24, 2.45) is 5.41 Å². The summed E-state index contributed by atoms with van der Waals surface area (Å²) in [4.78, 5) is 0. The second-order valence-corrected chi connectivity index (χ2v) is 9.30. The molecule has 18 heavy (non-hydrogen) atoms. The van der Waals surface area contributed by atoms with Crippen molar-refractivity contribution in [1.82, 2.24) is 5.32 Å². The maximum Gasteiger partial charge on any atom is 0.150 e. The number of sulfone groups is 1. The molecule has 0 aliphatic rings. The third kappa shape index (κ3) is 9.89. The zero-order valence-electron chi connectivity index (χ0n) is 13.0. The highest BCUT2D eigenvalue weighted by Crippen LogP contribution is 2.25. The first-order valence-corrected chi connectivity index (χ1v) is 8.75. The third-order valence-electron chi connectivity index (χ3n) is 3.06. The van der Waals surface area contributed by atoms with Crippen molar-refractivity contribution < 1.29 is 8.42 Å². The standard InChI is InChI=1S/C14H31NO2S/c1-7-11-18(16,17)12-9-14(5,6)8-10-15-13(2,3)4/h15H,7-12H2,1-6H3. The van der Waals surface area contributed by atoms with Gasteiger partial charge in [0.1, 0.15) is 9.84 Å². The molecule has 3 nitrogen and oxygen atoms in total. The molecule has 0 rings (SSSR count). The van der Waals surface area contributed by atoms with Crippen molar-refractivity contribution in [3.8, 4) is 0 Å². The fourth-order valence-corrected chi connectivity index (χ4v) is 3.44. The minimum Gasteiger partial charge on any atom is -0.312 e. The Morgan fingerprint density at radius 2 is 1.50 bits per heavy atom. The van der Waals surface area contributed by atoms with E-state index in [9.17, 15) is 8.42 Å². The number of nitrogens with one attached hydrogen (secondary N) is 1. The molecule has 0 saturated carbocycles. The van der Waals surface area contributed by atoms with E-state index in [2.05, 4.69) is 39.9 Å². The van der Waals surface area contributed by atoms with Crippen molar-refractivity contribution in [3.05, 3.63) is 0 Å². The molecule has 0 heterocycles. The van der Waals surface area contributed by atoms with Crippen molar-refractivity contribution in [3.63, 3.8) is 0 Å². The molecular weight excluding hydrogens is 246 g/mol. The van der Waals surface area contributed by atoms with Crippen LogP contribution >= 0.6 is 0 Å². The van der Waals surface area contributed by atoms with E-state index in [-0.39, 0.29) is 11.0 Å². The van der Waals surface area contributed by atoms with Crippen molar-refractivity contribution >= 4 is 9.84 Å². The summed E-state index contributed by atoms with van der Waals surface area (Å²) in [5.41, 5.74) is 0.212. The minimum absolute atomic E-state index is 0.0824. The van der Waals surface area contributed by atoms with Crippen LogP contribution < -0.4 is 5.32 Å². The minimum atomic E-state index is -2.84. The summed E-state index contributed by atoms with van der Waals surface area (Å²) in [7, 11) is -2.84. The molecule has 0 aromatic rings. The van der Waals surface area contributed by atoms with E-state index in [1.54, 1.807) is 0 Å². The fourth-order valence-electron chi connectivity index (χ4n) is 1.75. The molecule has 0 aromatic carbocycles. The molecule has 4 heteroatoms. The molecule has 1 N–H and O–H groups in total. The summed E-state index contributed by atoms with van der Waals surface area (Å²) in [6.45, 7) is 13.6. The first kappa shape index (κ1) is 17.9. The molecule has 0 unspecified atom stereocenters. The predicted molar refractivity (Wildman–Crippen MR) is 79.7 cm³/mol. The fraction of sp³-hybridized carbons (Fsp3) is 1.00. The summed E-state index contributed by atoms with van der Waals surface area (Å²) in [6.07, 6.45) is 2.47. The van der Waals surface area contributed by atoms with Gasteiger partial charge in [-0.05, 0) is 52.0 Å². The highest BCUT2D eigenvalue weighted by Gasteiger charge is 2.22. The molecule has 0 aromatic heterocycles. The van der Waals surface area contributed by atoms with Gasteiger partial charge < -0.3 is 5.32 Å². The van der Waals surface area contributed by atoms with Crippen LogP contribution in [-0.4, -0.2) is 32.0 Å². The average Bonchev–Trinajstić information content (AvgIpc) is 2.13. The van der Waals surface area contributed by atoms with E-state index in [1.165, 1.54) is 0 Å². The van der Waals surface area contributed by atoms with Crippen LogP contribution in [0.4, 0.5) is 0 Å². The van der Waals surface area contributed by atoms with Crippen molar-refractivity contribution in [1.29, 1.82) is 0 Å². The summed E-state index contributed by atoms with van der Waals surface area (Å²) >= 11 is 0. The first-order valence-electron chi connectivity index (χ1n) is 6.93. The van der Waals surface area contributed by atoms with E-state index in [0.717, 1.165) is 19.4 Å². The highest BCUT2D eigenvalue weighted by atomic mass is 32.2. The van der Waals surface area contributed by atoms with Gasteiger partial charge in [0.25, 0.3) is 0 Å². The smallest absolute Gasteiger partial charge is 0.150 e. The van der Waals surface area contributed by atoms with Crippen LogP contribution in [0, 0.1) is 5.41 Å². The lowest BCUT2D eigenvalue weighted by molar-refractivity contribution is 0.295. The summed E-state index contributed by atoms with van der Waals surface area (Å²) in [5, 5.41) is 3.45. The van der Waals surface area contributed by atoms with E-state index < -0.39 is 9.84 Å². The Morgan fingerprint density at radius 3 is 1.94 bits per heavy atom. The zero-order valence-corrected chi connectivity index (χ0v) is 13.8. The quantitative estimate of drug-likeness (QED) is 0.742. The molecule has 0 bridgehead atoms. The molecular formula is C14H31NO2S. The zero-order chi connectivity index (χ0) is 14.4. The van der Waals surface area contributed by atoms with Crippen molar-refractivity contribution in [2.75, 3.05) is 18.1 Å². The van der Waals surface area contributed by atoms with E-state index >= 15 is 0 Å². The summed E-state index contributed by atoms with van der Waals surface area (Å²) in [6, 6.07) is 0. The molecule has 0 amide bonds. The van der Waals surface area contributed by atoms with Gasteiger partial charge in [0.05, 0.1) is 5.75 Å². The van der Waals surface area contributed by atoms with Gasteiger partial charge in [-0.25, -0.2) is 8.42 Å². The number of hydrogen-bond acceptors (Lipinski definition) is 3. The Labute approximate surface area is 114 Å². The maximum atomic E-state index is 11.7. The van der Waals surface area contributed by atoms with Crippen LogP contribution in [-0.2, 0) is 9.84 Å². The molecule has 0 spiro atoms. The van der Waals surface area contributed by atoms with Gasteiger partial charge in [-0.3, -0.25) is 0 Å². The largest absolute Gasteiger partial charge is 0.312 e. The number of rotatable bonds is 8.